The highest BCUT2D eigenvalue weighted by molar-refractivity contribution is 5.31. The third kappa shape index (κ3) is 4.37. The lowest BCUT2D eigenvalue weighted by molar-refractivity contribution is 0.0117. The molecule has 1 atom stereocenters. The Kier molecular flexibility index (Phi) is 5.64. The maximum atomic E-state index is 9.86. The maximum Gasteiger partial charge on any atom is 0.119 e. The molecule has 5 nitrogen and oxygen atoms in total. The SMILES string of the molecule is COc1ccc(OCC(O)CNC2CC(OC)C2)cc1. The van der Waals surface area contributed by atoms with Gasteiger partial charge in [-0.05, 0) is 37.1 Å². The molecule has 1 unspecified atom stereocenters. The average Bonchev–Trinajstić information content (AvgIpc) is 2.44. The Morgan fingerprint density at radius 2 is 1.85 bits per heavy atom. The van der Waals surface area contributed by atoms with E-state index < -0.39 is 6.10 Å². The van der Waals surface area contributed by atoms with Gasteiger partial charge in [-0.1, -0.05) is 0 Å². The van der Waals surface area contributed by atoms with E-state index in [4.69, 9.17) is 14.2 Å². The molecular weight excluding hydrogens is 258 g/mol. The second kappa shape index (κ2) is 7.47. The molecule has 1 aliphatic rings. The first kappa shape index (κ1) is 15.1. The zero-order valence-corrected chi connectivity index (χ0v) is 12.0. The molecular formula is C15H23NO4. The first-order chi connectivity index (χ1) is 9.71. The van der Waals surface area contributed by atoms with E-state index in [9.17, 15) is 5.11 Å². The van der Waals surface area contributed by atoms with E-state index >= 15 is 0 Å². The molecule has 5 heteroatoms. The van der Waals surface area contributed by atoms with Crippen LogP contribution >= 0.6 is 0 Å². The van der Waals surface area contributed by atoms with Crippen molar-refractivity contribution in [3.05, 3.63) is 24.3 Å². The molecule has 20 heavy (non-hydrogen) atoms. The largest absolute Gasteiger partial charge is 0.497 e. The monoisotopic (exact) mass is 281 g/mol. The first-order valence-corrected chi connectivity index (χ1v) is 6.92. The van der Waals surface area contributed by atoms with Gasteiger partial charge < -0.3 is 24.6 Å². The van der Waals surface area contributed by atoms with Gasteiger partial charge in [0.25, 0.3) is 0 Å². The van der Waals surface area contributed by atoms with Crippen LogP contribution in [0, 0.1) is 0 Å². The fraction of sp³-hybridized carbons (Fsp3) is 0.600. The molecule has 112 valence electrons. The van der Waals surface area contributed by atoms with Crippen LogP contribution in [0.5, 0.6) is 11.5 Å². The molecule has 0 heterocycles. The van der Waals surface area contributed by atoms with Crippen LogP contribution in [0.2, 0.25) is 0 Å². The molecule has 2 rings (SSSR count). The Labute approximate surface area is 119 Å². The predicted molar refractivity (Wildman–Crippen MR) is 76.3 cm³/mol. The number of nitrogens with one attached hydrogen (secondary N) is 1. The van der Waals surface area contributed by atoms with Gasteiger partial charge in [-0.2, -0.15) is 0 Å². The zero-order valence-electron chi connectivity index (χ0n) is 12.0. The molecule has 0 spiro atoms. The molecule has 1 aliphatic carbocycles. The smallest absolute Gasteiger partial charge is 0.119 e. The summed E-state index contributed by atoms with van der Waals surface area (Å²) < 4.78 is 15.8. The molecule has 2 N–H and O–H groups in total. The van der Waals surface area contributed by atoms with Gasteiger partial charge in [0, 0.05) is 19.7 Å². The summed E-state index contributed by atoms with van der Waals surface area (Å²) in [5, 5.41) is 13.2. The van der Waals surface area contributed by atoms with Crippen molar-refractivity contribution in [2.75, 3.05) is 27.4 Å². The molecule has 1 aromatic carbocycles. The lowest BCUT2D eigenvalue weighted by atomic mass is 9.89. The van der Waals surface area contributed by atoms with Crippen molar-refractivity contribution in [3.63, 3.8) is 0 Å². The third-order valence-corrected chi connectivity index (χ3v) is 3.57. The molecule has 0 bridgehead atoms. The van der Waals surface area contributed by atoms with E-state index in [-0.39, 0.29) is 6.61 Å². The van der Waals surface area contributed by atoms with Crippen LogP contribution < -0.4 is 14.8 Å². The Hall–Kier alpha value is -1.30. The van der Waals surface area contributed by atoms with E-state index in [2.05, 4.69) is 5.32 Å². The number of hydrogen-bond donors (Lipinski definition) is 2. The average molecular weight is 281 g/mol. The van der Waals surface area contributed by atoms with Crippen LogP contribution in [0.1, 0.15) is 12.8 Å². The van der Waals surface area contributed by atoms with E-state index in [0.717, 1.165) is 24.3 Å². The minimum atomic E-state index is -0.515. The van der Waals surface area contributed by atoms with Crippen LogP contribution in [0.15, 0.2) is 24.3 Å². The second-order valence-electron chi connectivity index (χ2n) is 5.07. The first-order valence-electron chi connectivity index (χ1n) is 6.92. The van der Waals surface area contributed by atoms with Gasteiger partial charge in [-0.3, -0.25) is 0 Å². The molecule has 0 aliphatic heterocycles. The second-order valence-corrected chi connectivity index (χ2v) is 5.07. The van der Waals surface area contributed by atoms with Crippen molar-refractivity contribution in [2.45, 2.75) is 31.1 Å². The Morgan fingerprint density at radius 3 is 2.45 bits per heavy atom. The summed E-state index contributed by atoms with van der Waals surface area (Å²) in [5.74, 6) is 1.52. The van der Waals surface area contributed by atoms with Gasteiger partial charge in [0.2, 0.25) is 0 Å². The summed E-state index contributed by atoms with van der Waals surface area (Å²) in [5.41, 5.74) is 0. The number of hydrogen-bond acceptors (Lipinski definition) is 5. The number of rotatable bonds is 8. The standard InChI is InChI=1S/C15H23NO4/c1-18-13-3-5-14(6-4-13)20-10-12(17)9-16-11-7-15(8-11)19-2/h3-6,11-12,15-17H,7-10H2,1-2H3. The lowest BCUT2D eigenvalue weighted by Gasteiger charge is -2.35. The fourth-order valence-corrected chi connectivity index (χ4v) is 2.15. The number of methoxy groups -OCH3 is 2. The highest BCUT2D eigenvalue weighted by Crippen LogP contribution is 2.22. The summed E-state index contributed by atoms with van der Waals surface area (Å²) in [6, 6.07) is 7.77. The van der Waals surface area contributed by atoms with Crippen molar-refractivity contribution >= 4 is 0 Å². The predicted octanol–water partition coefficient (Wildman–Crippen LogP) is 1.20. The summed E-state index contributed by atoms with van der Waals surface area (Å²) >= 11 is 0. The topological polar surface area (TPSA) is 60.0 Å². The minimum Gasteiger partial charge on any atom is -0.497 e. The normalized spacial score (nSPS) is 22.9. The summed E-state index contributed by atoms with van der Waals surface area (Å²) in [6.07, 6.45) is 1.89. The number of aliphatic hydroxyl groups excluding tert-OH is 1. The van der Waals surface area contributed by atoms with Gasteiger partial charge in [0.05, 0.1) is 13.2 Å². The summed E-state index contributed by atoms with van der Waals surface area (Å²) in [7, 11) is 3.36. The third-order valence-electron chi connectivity index (χ3n) is 3.57. The van der Waals surface area contributed by atoms with Crippen LogP contribution in [0.4, 0.5) is 0 Å². The number of aliphatic hydroxyl groups is 1. The highest BCUT2D eigenvalue weighted by Gasteiger charge is 2.28. The maximum absolute atomic E-state index is 9.86. The van der Waals surface area contributed by atoms with Crippen LogP contribution in [-0.4, -0.2) is 50.7 Å². The van der Waals surface area contributed by atoms with Crippen molar-refractivity contribution in [1.29, 1.82) is 0 Å². The number of benzene rings is 1. The Balaban J connectivity index is 1.61. The van der Waals surface area contributed by atoms with E-state index in [1.165, 1.54) is 0 Å². The molecule has 1 fully saturated rings. The minimum absolute atomic E-state index is 0.278. The van der Waals surface area contributed by atoms with Crippen molar-refractivity contribution < 1.29 is 19.3 Å². The molecule has 0 radical (unpaired) electrons. The number of ether oxygens (including phenoxy) is 3. The Morgan fingerprint density at radius 1 is 1.20 bits per heavy atom. The van der Waals surface area contributed by atoms with Gasteiger partial charge in [0.15, 0.2) is 0 Å². The summed E-state index contributed by atoms with van der Waals surface area (Å²) in [4.78, 5) is 0. The van der Waals surface area contributed by atoms with Crippen LogP contribution in [0.25, 0.3) is 0 Å². The van der Waals surface area contributed by atoms with Gasteiger partial charge in [-0.25, -0.2) is 0 Å². The molecule has 1 aromatic rings. The molecule has 0 aromatic heterocycles. The zero-order chi connectivity index (χ0) is 14.4. The van der Waals surface area contributed by atoms with Gasteiger partial charge in [0.1, 0.15) is 24.2 Å². The van der Waals surface area contributed by atoms with Gasteiger partial charge >= 0.3 is 0 Å². The fourth-order valence-electron chi connectivity index (χ4n) is 2.15. The Bertz CT molecular complexity index is 389. The molecule has 0 amide bonds. The van der Waals surface area contributed by atoms with Crippen LogP contribution in [0.3, 0.4) is 0 Å². The molecule has 1 saturated carbocycles. The quantitative estimate of drug-likeness (QED) is 0.750. The van der Waals surface area contributed by atoms with E-state index in [0.29, 0.717) is 18.7 Å². The van der Waals surface area contributed by atoms with Crippen molar-refractivity contribution in [1.82, 2.24) is 5.32 Å². The van der Waals surface area contributed by atoms with Crippen molar-refractivity contribution in [2.24, 2.45) is 0 Å². The summed E-state index contributed by atoms with van der Waals surface area (Å²) in [6.45, 7) is 0.816. The van der Waals surface area contributed by atoms with Crippen LogP contribution in [-0.2, 0) is 4.74 Å². The van der Waals surface area contributed by atoms with Gasteiger partial charge in [-0.15, -0.1) is 0 Å². The van der Waals surface area contributed by atoms with E-state index in [1.54, 1.807) is 14.2 Å². The highest BCUT2D eigenvalue weighted by atomic mass is 16.5. The molecule has 0 saturated heterocycles. The van der Waals surface area contributed by atoms with Crippen molar-refractivity contribution in [3.8, 4) is 11.5 Å². The lowest BCUT2D eigenvalue weighted by Crippen LogP contribution is -2.48. The van der Waals surface area contributed by atoms with E-state index in [1.807, 2.05) is 24.3 Å².